The summed E-state index contributed by atoms with van der Waals surface area (Å²) < 4.78 is 72.0. The van der Waals surface area contributed by atoms with E-state index in [9.17, 15) is 31.2 Å². The normalized spacial score (nSPS) is 15.6. The third kappa shape index (κ3) is 8.60. The van der Waals surface area contributed by atoms with Crippen LogP contribution in [0.25, 0.3) is 10.8 Å². The Morgan fingerprint density at radius 2 is 1.85 bits per heavy atom. The van der Waals surface area contributed by atoms with Crippen LogP contribution >= 0.6 is 0 Å². The second kappa shape index (κ2) is 12.7. The maximum absolute atomic E-state index is 13.1. The molecule has 1 atom stereocenters. The summed E-state index contributed by atoms with van der Waals surface area (Å²) in [6, 6.07) is 11.5. The Balaban J connectivity index is 1.82. The smallest absolute Gasteiger partial charge is 0.401 e. The van der Waals surface area contributed by atoms with Crippen LogP contribution in [0, 0.1) is 5.41 Å². The fourth-order valence-electron chi connectivity index (χ4n) is 3.64. The van der Waals surface area contributed by atoms with Crippen molar-refractivity contribution in [1.82, 2.24) is 20.4 Å². The van der Waals surface area contributed by atoms with Crippen LogP contribution in [0.15, 0.2) is 66.2 Å². The third-order valence-electron chi connectivity index (χ3n) is 5.40. The van der Waals surface area contributed by atoms with Gasteiger partial charge in [-0.3, -0.25) is 19.8 Å². The van der Waals surface area contributed by atoms with Crippen molar-refractivity contribution in [2.45, 2.75) is 24.9 Å². The van der Waals surface area contributed by atoms with E-state index in [0.29, 0.717) is 5.56 Å². The molecule has 0 aliphatic carbocycles. The van der Waals surface area contributed by atoms with E-state index in [1.54, 1.807) is 30.3 Å². The molecule has 0 radical (unpaired) electrons. The lowest BCUT2D eigenvalue weighted by molar-refractivity contribution is -0.198. The Kier molecular flexibility index (Phi) is 9.60. The number of guanidine groups is 1. The summed E-state index contributed by atoms with van der Waals surface area (Å²) in [5.74, 6) is -5.07. The number of allylic oxidation sites excluding steroid dienone is 1. The van der Waals surface area contributed by atoms with Gasteiger partial charge in [-0.05, 0) is 29.3 Å². The van der Waals surface area contributed by atoms with Gasteiger partial charge in [0.05, 0.1) is 12.4 Å². The van der Waals surface area contributed by atoms with E-state index in [1.165, 1.54) is 13.0 Å². The number of amides is 1. The monoisotopic (exact) mass is 584 g/mol. The van der Waals surface area contributed by atoms with E-state index in [0.717, 1.165) is 21.7 Å². The average molecular weight is 585 g/mol. The Hall–Kier alpha value is -4.31. The molecule has 216 valence electrons. The highest BCUT2D eigenvalue weighted by Crippen LogP contribution is 2.26. The van der Waals surface area contributed by atoms with E-state index in [4.69, 9.17) is 16.0 Å². The predicted octanol–water partition coefficient (Wildman–Crippen LogP) is 1.32. The second-order valence-corrected chi connectivity index (χ2v) is 10.3. The zero-order valence-corrected chi connectivity index (χ0v) is 21.9. The number of carbonyl (C=O) groups excluding carboxylic acids is 2. The molecule has 40 heavy (non-hydrogen) atoms. The molecule has 1 unspecified atom stereocenters. The minimum absolute atomic E-state index is 0.0657. The molecular formula is C24H27F3N6O6S. The highest BCUT2D eigenvalue weighted by atomic mass is 32.2. The molecule has 2 aromatic rings. The van der Waals surface area contributed by atoms with Crippen LogP contribution in [0.1, 0.15) is 12.5 Å². The molecule has 1 aliphatic rings. The highest BCUT2D eigenvalue weighted by Gasteiger charge is 2.43. The van der Waals surface area contributed by atoms with Crippen molar-refractivity contribution in [3.63, 3.8) is 0 Å². The van der Waals surface area contributed by atoms with Gasteiger partial charge in [-0.25, -0.2) is 18.7 Å². The third-order valence-corrected chi connectivity index (χ3v) is 6.65. The van der Waals surface area contributed by atoms with E-state index >= 15 is 0 Å². The number of sulfonamides is 1. The van der Waals surface area contributed by atoms with Gasteiger partial charge in [0.2, 0.25) is 27.8 Å². The fourth-order valence-corrected chi connectivity index (χ4v) is 4.82. The van der Waals surface area contributed by atoms with Crippen molar-refractivity contribution in [2.24, 2.45) is 5.73 Å². The number of hydrogen-bond donors (Lipinski definition) is 5. The number of fused-ring (bicyclic) bond motifs is 1. The summed E-state index contributed by atoms with van der Waals surface area (Å²) in [7, 11) is -4.21. The summed E-state index contributed by atoms with van der Waals surface area (Å²) in [4.78, 5) is 30.0. The molecule has 0 aromatic heterocycles. The summed E-state index contributed by atoms with van der Waals surface area (Å²) in [6.45, 7) is 0.740. The summed E-state index contributed by atoms with van der Waals surface area (Å²) in [5.41, 5.74) is 7.06. The van der Waals surface area contributed by atoms with E-state index < -0.39 is 64.0 Å². The molecule has 3 rings (SSSR count). The summed E-state index contributed by atoms with van der Waals surface area (Å²) in [5, 5.41) is 11.1. The van der Waals surface area contributed by atoms with E-state index in [2.05, 4.69) is 20.3 Å². The van der Waals surface area contributed by atoms with Gasteiger partial charge in [-0.1, -0.05) is 48.5 Å². The number of esters is 1. The molecule has 6 N–H and O–H groups in total. The van der Waals surface area contributed by atoms with Crippen molar-refractivity contribution in [2.75, 3.05) is 19.7 Å². The van der Waals surface area contributed by atoms with Crippen LogP contribution in [-0.2, 0) is 34.9 Å². The van der Waals surface area contributed by atoms with Crippen molar-refractivity contribution in [3.8, 4) is 0 Å². The molecule has 0 bridgehead atoms. The van der Waals surface area contributed by atoms with Gasteiger partial charge in [-0.15, -0.1) is 0 Å². The quantitative estimate of drug-likeness (QED) is 0.0858. The molecule has 2 aromatic carbocycles. The first-order valence-corrected chi connectivity index (χ1v) is 13.4. The standard InChI is InChI=1S/C24H27F3N6O6S/c1-15-6-9-19(32-40(36,37)14-16-7-8-17-4-2-3-5-18(17)12-16)21(39-22(35)24(25,26)27)33(15)13-20(34)30-10-11-38-31-23(28)29/h2-9,12,15,32H,10-11,13-14H2,1H3,(H,30,34)(H4,28,29,31). The first-order chi connectivity index (χ1) is 18.7. The van der Waals surface area contributed by atoms with Gasteiger partial charge in [-0.2, -0.15) is 13.2 Å². The molecule has 0 spiro atoms. The predicted molar refractivity (Wildman–Crippen MR) is 138 cm³/mol. The van der Waals surface area contributed by atoms with Crippen LogP contribution in [0.3, 0.4) is 0 Å². The number of halogens is 3. The number of nitrogens with two attached hydrogens (primary N) is 1. The van der Waals surface area contributed by atoms with Gasteiger partial charge in [0.1, 0.15) is 12.2 Å². The average Bonchev–Trinajstić information content (AvgIpc) is 2.86. The van der Waals surface area contributed by atoms with Crippen LogP contribution in [-0.4, -0.2) is 63.1 Å². The minimum Gasteiger partial charge on any atom is -0.401 e. The molecule has 0 fully saturated rings. The summed E-state index contributed by atoms with van der Waals surface area (Å²) >= 11 is 0. The Morgan fingerprint density at radius 3 is 2.52 bits per heavy atom. The molecule has 0 saturated heterocycles. The number of hydroxylamine groups is 1. The van der Waals surface area contributed by atoms with Crippen LogP contribution in [0.4, 0.5) is 13.2 Å². The van der Waals surface area contributed by atoms with Gasteiger partial charge in [0.25, 0.3) is 0 Å². The van der Waals surface area contributed by atoms with Crippen molar-refractivity contribution < 1.29 is 40.8 Å². The lowest BCUT2D eigenvalue weighted by Crippen LogP contribution is -2.46. The van der Waals surface area contributed by atoms with E-state index in [-0.39, 0.29) is 13.2 Å². The largest absolute Gasteiger partial charge is 0.491 e. The lowest BCUT2D eigenvalue weighted by atomic mass is 10.1. The summed E-state index contributed by atoms with van der Waals surface area (Å²) in [6.07, 6.45) is -2.80. The SMILES string of the molecule is CC1C=CC(NS(=O)(=O)Cc2ccc3ccccc3c2)=C(OC(=O)C(F)(F)F)N1CC(=O)NCCONC(=N)N. The number of benzene rings is 2. The lowest BCUT2D eigenvalue weighted by Gasteiger charge is -2.34. The number of ether oxygens (including phenoxy) is 1. The minimum atomic E-state index is -5.39. The van der Waals surface area contributed by atoms with Crippen LogP contribution in [0.2, 0.25) is 0 Å². The molecule has 1 amide bonds. The number of rotatable bonds is 11. The number of nitrogens with one attached hydrogen (secondary N) is 4. The zero-order valence-electron chi connectivity index (χ0n) is 21.1. The number of carbonyl (C=O) groups is 2. The fraction of sp³-hybridized carbons (Fsp3) is 0.292. The Labute approximate surface area is 227 Å². The first-order valence-electron chi connectivity index (χ1n) is 11.7. The van der Waals surface area contributed by atoms with Crippen LogP contribution < -0.4 is 21.3 Å². The highest BCUT2D eigenvalue weighted by molar-refractivity contribution is 7.88. The zero-order chi connectivity index (χ0) is 29.5. The van der Waals surface area contributed by atoms with Gasteiger partial charge >= 0.3 is 12.1 Å². The molecule has 16 heteroatoms. The van der Waals surface area contributed by atoms with Gasteiger partial charge in [0.15, 0.2) is 0 Å². The number of nitrogens with zero attached hydrogens (tertiary/aromatic N) is 1. The maximum Gasteiger partial charge on any atom is 0.491 e. The number of alkyl halides is 3. The Morgan fingerprint density at radius 1 is 1.15 bits per heavy atom. The second-order valence-electron chi connectivity index (χ2n) is 8.59. The van der Waals surface area contributed by atoms with E-state index in [1.807, 2.05) is 12.1 Å². The first kappa shape index (κ1) is 30.2. The Bertz CT molecular complexity index is 1440. The molecule has 12 nitrogen and oxygen atoms in total. The van der Waals surface area contributed by atoms with Crippen LogP contribution in [0.5, 0.6) is 0 Å². The molecular weight excluding hydrogens is 557 g/mol. The van der Waals surface area contributed by atoms with Gasteiger partial charge in [0, 0.05) is 12.6 Å². The molecule has 1 aliphatic heterocycles. The molecule has 0 saturated carbocycles. The van der Waals surface area contributed by atoms with Crippen molar-refractivity contribution in [1.29, 1.82) is 5.41 Å². The molecule has 1 heterocycles. The van der Waals surface area contributed by atoms with Gasteiger partial charge < -0.3 is 20.7 Å². The maximum atomic E-state index is 13.1. The number of hydrogen-bond acceptors (Lipinski definition) is 8. The van der Waals surface area contributed by atoms with Crippen molar-refractivity contribution >= 4 is 38.6 Å². The topological polar surface area (TPSA) is 176 Å². The van der Waals surface area contributed by atoms with Crippen molar-refractivity contribution in [3.05, 3.63) is 71.8 Å².